The molecule has 0 aliphatic carbocycles. The number of fused-ring (bicyclic) bond motifs is 1. The molecule has 1 aliphatic heterocycles. The number of hydrogen-bond donors (Lipinski definition) is 5. The van der Waals surface area contributed by atoms with Crippen LogP contribution in [0.1, 0.15) is 50.2 Å². The lowest BCUT2D eigenvalue weighted by Gasteiger charge is -2.26. The van der Waals surface area contributed by atoms with Gasteiger partial charge in [-0.2, -0.15) is 0 Å². The average molecular weight is 482 g/mol. The van der Waals surface area contributed by atoms with E-state index in [4.69, 9.17) is 0 Å². The van der Waals surface area contributed by atoms with E-state index in [1.165, 1.54) is 0 Å². The second-order valence-corrected chi connectivity index (χ2v) is 9.56. The van der Waals surface area contributed by atoms with E-state index in [1.54, 1.807) is 0 Å². The molecule has 8 heteroatoms. The van der Waals surface area contributed by atoms with Crippen molar-refractivity contribution in [3.8, 4) is 0 Å². The molecular weight excluding hydrogens is 446 g/mol. The topological polar surface area (TPSA) is 128 Å². The second-order valence-electron chi connectivity index (χ2n) is 9.56. The van der Waals surface area contributed by atoms with Crippen LogP contribution in [0.15, 0.2) is 54.6 Å². The number of aryl methyl sites for hydroxylation is 1. The maximum absolute atomic E-state index is 13.2. The Morgan fingerprint density at radius 3 is 2.26 bits per heavy atom. The third kappa shape index (κ3) is 7.55. The summed E-state index contributed by atoms with van der Waals surface area (Å²) in [6.45, 7) is 4.49. The highest BCUT2D eigenvalue weighted by molar-refractivity contribution is 5.87. The van der Waals surface area contributed by atoms with Crippen molar-refractivity contribution < 1.29 is 24.6 Å². The maximum Gasteiger partial charge on any atom is 0.326 e. The fourth-order valence-corrected chi connectivity index (χ4v) is 4.54. The quantitative estimate of drug-likeness (QED) is 0.297. The number of carboxylic acids is 2. The standard InChI is InChI=1S/C27H35N3O5/c1-17(2)14-23(29-22(26(32)33)13-12-18-8-4-3-5-9-18)25(31)30-24(27(34)35)15-19-16-28-21-11-7-6-10-20(19)21/h3-11,17,19,22-24,28-29H,12-16H2,1-2H3,(H,30,31)(H,32,33)(H,34,35)/t19?,22-,23-,24-/m0/s1. The number of carboxylic acid groups (broad SMARTS) is 2. The molecule has 1 aliphatic rings. The molecule has 8 nitrogen and oxygen atoms in total. The van der Waals surface area contributed by atoms with Gasteiger partial charge in [0.1, 0.15) is 12.1 Å². The van der Waals surface area contributed by atoms with Crippen LogP contribution in [0.5, 0.6) is 0 Å². The summed E-state index contributed by atoms with van der Waals surface area (Å²) in [4.78, 5) is 37.2. The molecule has 0 saturated heterocycles. The largest absolute Gasteiger partial charge is 0.480 e. The highest BCUT2D eigenvalue weighted by Gasteiger charge is 2.33. The van der Waals surface area contributed by atoms with Crippen LogP contribution in [-0.2, 0) is 20.8 Å². The van der Waals surface area contributed by atoms with E-state index in [1.807, 2.05) is 68.4 Å². The molecule has 0 aromatic heterocycles. The van der Waals surface area contributed by atoms with E-state index in [0.29, 0.717) is 25.8 Å². The van der Waals surface area contributed by atoms with Gasteiger partial charge in [-0.3, -0.25) is 14.9 Å². The predicted molar refractivity (Wildman–Crippen MR) is 134 cm³/mol. The Hall–Kier alpha value is -3.39. The van der Waals surface area contributed by atoms with Crippen molar-refractivity contribution in [2.75, 3.05) is 11.9 Å². The molecule has 5 N–H and O–H groups in total. The van der Waals surface area contributed by atoms with Gasteiger partial charge in [0.05, 0.1) is 6.04 Å². The summed E-state index contributed by atoms with van der Waals surface area (Å²) in [6.07, 6.45) is 1.50. The summed E-state index contributed by atoms with van der Waals surface area (Å²) in [5.74, 6) is -2.56. The summed E-state index contributed by atoms with van der Waals surface area (Å²) >= 11 is 0. The zero-order valence-corrected chi connectivity index (χ0v) is 20.2. The fraction of sp³-hybridized carbons (Fsp3) is 0.444. The summed E-state index contributed by atoms with van der Waals surface area (Å²) in [5, 5.41) is 28.5. The van der Waals surface area contributed by atoms with E-state index < -0.39 is 36.0 Å². The van der Waals surface area contributed by atoms with Crippen molar-refractivity contribution >= 4 is 23.5 Å². The SMILES string of the molecule is CC(C)C[C@H](N[C@@H](CCc1ccccc1)C(=O)O)C(=O)N[C@@H](CC1CNc2ccccc21)C(=O)O. The van der Waals surface area contributed by atoms with E-state index in [-0.39, 0.29) is 18.3 Å². The van der Waals surface area contributed by atoms with E-state index in [2.05, 4.69) is 16.0 Å². The first-order valence-electron chi connectivity index (χ1n) is 12.1. The number of anilines is 1. The van der Waals surface area contributed by atoms with Gasteiger partial charge in [-0.15, -0.1) is 0 Å². The van der Waals surface area contributed by atoms with E-state index >= 15 is 0 Å². The summed E-state index contributed by atoms with van der Waals surface area (Å²) in [7, 11) is 0. The number of aliphatic carboxylic acids is 2. The number of para-hydroxylation sites is 1. The van der Waals surface area contributed by atoms with Crippen LogP contribution < -0.4 is 16.0 Å². The van der Waals surface area contributed by atoms with Crippen LogP contribution in [0.25, 0.3) is 0 Å². The second kappa shape index (κ2) is 12.4. The molecule has 4 atom stereocenters. The molecule has 1 unspecified atom stereocenters. The monoisotopic (exact) mass is 481 g/mol. The third-order valence-electron chi connectivity index (χ3n) is 6.36. The highest BCUT2D eigenvalue weighted by Crippen LogP contribution is 2.34. The van der Waals surface area contributed by atoms with Crippen LogP contribution in [0.2, 0.25) is 0 Å². The molecule has 0 spiro atoms. The zero-order valence-electron chi connectivity index (χ0n) is 20.2. The average Bonchev–Trinajstić information content (AvgIpc) is 3.23. The van der Waals surface area contributed by atoms with E-state index in [9.17, 15) is 24.6 Å². The van der Waals surface area contributed by atoms with Gasteiger partial charge in [-0.1, -0.05) is 62.4 Å². The normalized spacial score (nSPS) is 17.2. The Bertz CT molecular complexity index is 1010. The lowest BCUT2D eigenvalue weighted by Crippen LogP contribution is -2.54. The summed E-state index contributed by atoms with van der Waals surface area (Å²) in [5.41, 5.74) is 3.04. The van der Waals surface area contributed by atoms with Gasteiger partial charge in [-0.25, -0.2) is 4.79 Å². The van der Waals surface area contributed by atoms with Crippen molar-refractivity contribution in [1.82, 2.24) is 10.6 Å². The van der Waals surface area contributed by atoms with Crippen molar-refractivity contribution in [2.45, 2.75) is 63.6 Å². The minimum absolute atomic E-state index is 0.0400. The van der Waals surface area contributed by atoms with Crippen LogP contribution >= 0.6 is 0 Å². The number of benzene rings is 2. The predicted octanol–water partition coefficient (Wildman–Crippen LogP) is 3.25. The third-order valence-corrected chi connectivity index (χ3v) is 6.36. The zero-order chi connectivity index (χ0) is 25.4. The number of carbonyl (C=O) groups excluding carboxylic acids is 1. The summed E-state index contributed by atoms with van der Waals surface area (Å²) in [6, 6.07) is 14.5. The number of hydrogen-bond acceptors (Lipinski definition) is 5. The smallest absolute Gasteiger partial charge is 0.326 e. The molecule has 0 fully saturated rings. The Balaban J connectivity index is 1.67. The molecule has 0 bridgehead atoms. The maximum atomic E-state index is 13.2. The van der Waals surface area contributed by atoms with Crippen molar-refractivity contribution in [3.05, 3.63) is 65.7 Å². The first-order valence-corrected chi connectivity index (χ1v) is 12.1. The lowest BCUT2D eigenvalue weighted by molar-refractivity contribution is -0.143. The first kappa shape index (κ1) is 26.2. The van der Waals surface area contributed by atoms with Gasteiger partial charge < -0.3 is 20.8 Å². The number of amides is 1. The molecule has 3 rings (SSSR count). The molecule has 0 saturated carbocycles. The Labute approximate surface area is 206 Å². The molecule has 1 amide bonds. The minimum atomic E-state index is -1.11. The number of rotatable bonds is 13. The summed E-state index contributed by atoms with van der Waals surface area (Å²) < 4.78 is 0. The van der Waals surface area contributed by atoms with Gasteiger partial charge in [0, 0.05) is 18.2 Å². The molecule has 35 heavy (non-hydrogen) atoms. The van der Waals surface area contributed by atoms with Crippen LogP contribution in [0.3, 0.4) is 0 Å². The van der Waals surface area contributed by atoms with E-state index in [0.717, 1.165) is 16.8 Å². The van der Waals surface area contributed by atoms with Crippen molar-refractivity contribution in [2.24, 2.45) is 5.92 Å². The van der Waals surface area contributed by atoms with Crippen LogP contribution in [0, 0.1) is 5.92 Å². The molecule has 2 aromatic carbocycles. The van der Waals surface area contributed by atoms with Gasteiger partial charge >= 0.3 is 11.9 Å². The highest BCUT2D eigenvalue weighted by atomic mass is 16.4. The van der Waals surface area contributed by atoms with Gasteiger partial charge in [0.15, 0.2) is 0 Å². The van der Waals surface area contributed by atoms with Crippen molar-refractivity contribution in [1.29, 1.82) is 0 Å². The molecule has 2 aromatic rings. The minimum Gasteiger partial charge on any atom is -0.480 e. The lowest BCUT2D eigenvalue weighted by atomic mass is 9.93. The Morgan fingerprint density at radius 2 is 1.60 bits per heavy atom. The fourth-order valence-electron chi connectivity index (χ4n) is 4.54. The van der Waals surface area contributed by atoms with Gasteiger partial charge in [0.2, 0.25) is 5.91 Å². The van der Waals surface area contributed by atoms with Crippen LogP contribution in [0.4, 0.5) is 5.69 Å². The molecule has 188 valence electrons. The Kier molecular flexibility index (Phi) is 9.25. The first-order chi connectivity index (χ1) is 16.7. The molecule has 1 heterocycles. The van der Waals surface area contributed by atoms with Gasteiger partial charge in [-0.05, 0) is 48.8 Å². The Morgan fingerprint density at radius 1 is 0.943 bits per heavy atom. The van der Waals surface area contributed by atoms with Crippen LogP contribution in [-0.4, -0.2) is 52.7 Å². The molecule has 0 radical (unpaired) electrons. The van der Waals surface area contributed by atoms with Crippen molar-refractivity contribution in [3.63, 3.8) is 0 Å². The molecular formula is C27H35N3O5. The number of nitrogens with one attached hydrogen (secondary N) is 3. The number of carbonyl (C=O) groups is 3. The van der Waals surface area contributed by atoms with Gasteiger partial charge in [0.25, 0.3) is 0 Å².